The van der Waals surface area contributed by atoms with Crippen molar-refractivity contribution in [1.82, 2.24) is 15.6 Å². The molecule has 0 bridgehead atoms. The molecule has 0 saturated carbocycles. The Balaban J connectivity index is 1.75. The highest BCUT2D eigenvalue weighted by Gasteiger charge is 2.34. The van der Waals surface area contributed by atoms with Gasteiger partial charge in [-0.15, -0.1) is 0 Å². The van der Waals surface area contributed by atoms with E-state index in [1.807, 2.05) is 7.05 Å². The number of carbonyl (C=O) groups excluding carboxylic acids is 2. The first-order valence-corrected chi connectivity index (χ1v) is 10.7. The number of aromatic nitrogens is 1. The standard InChI is InChI=1S/C24H19ClFN3O4/c1-27-6-3-7-33-18-10-15-13(8-14(18)26)19-16(28-15)9-12(11-4-2-5-17(30)22(11)25)20-21(19)24(32)29-23(20)31/h2,4-5,8-10,27-28,30H,3,6-7H2,1H3,(H,29,31,32). The second kappa shape index (κ2) is 8.06. The third-order valence-electron chi connectivity index (χ3n) is 5.72. The first-order valence-electron chi connectivity index (χ1n) is 10.3. The number of phenolic OH excluding ortho intramolecular Hbond substituents is 1. The number of hydrogen-bond acceptors (Lipinski definition) is 5. The lowest BCUT2D eigenvalue weighted by Crippen LogP contribution is -2.20. The van der Waals surface area contributed by atoms with Crippen LogP contribution in [0.2, 0.25) is 5.02 Å². The van der Waals surface area contributed by atoms with Crippen molar-refractivity contribution in [2.75, 3.05) is 20.2 Å². The van der Waals surface area contributed by atoms with Crippen LogP contribution in [0.3, 0.4) is 0 Å². The Morgan fingerprint density at radius 1 is 1.09 bits per heavy atom. The number of imide groups is 1. The Morgan fingerprint density at radius 2 is 1.88 bits per heavy atom. The van der Waals surface area contributed by atoms with Crippen molar-refractivity contribution in [3.63, 3.8) is 0 Å². The van der Waals surface area contributed by atoms with Gasteiger partial charge in [0.2, 0.25) is 0 Å². The number of phenols is 1. The third kappa shape index (κ3) is 3.39. The molecule has 0 spiro atoms. The number of carbonyl (C=O) groups is 2. The van der Waals surface area contributed by atoms with Crippen molar-refractivity contribution in [3.05, 3.63) is 58.4 Å². The average molecular weight is 468 g/mol. The van der Waals surface area contributed by atoms with Gasteiger partial charge >= 0.3 is 0 Å². The van der Waals surface area contributed by atoms with E-state index < -0.39 is 17.6 Å². The molecular weight excluding hydrogens is 449 g/mol. The van der Waals surface area contributed by atoms with Gasteiger partial charge in [-0.05, 0) is 43.8 Å². The number of nitrogens with one attached hydrogen (secondary N) is 3. The van der Waals surface area contributed by atoms with Gasteiger partial charge in [-0.3, -0.25) is 14.9 Å². The van der Waals surface area contributed by atoms with E-state index in [1.54, 1.807) is 24.3 Å². The van der Waals surface area contributed by atoms with Crippen LogP contribution in [0, 0.1) is 5.82 Å². The topological polar surface area (TPSA) is 103 Å². The van der Waals surface area contributed by atoms with Crippen LogP contribution in [0.5, 0.6) is 11.5 Å². The van der Waals surface area contributed by atoms with Crippen LogP contribution in [0.25, 0.3) is 32.9 Å². The van der Waals surface area contributed by atoms with Crippen LogP contribution < -0.4 is 15.4 Å². The van der Waals surface area contributed by atoms with E-state index in [4.69, 9.17) is 16.3 Å². The average Bonchev–Trinajstić information content (AvgIpc) is 3.28. The SMILES string of the molecule is CNCCCOc1cc2[nH]c3cc(-c4cccc(O)c4Cl)c4c(c3c2cc1F)C(=O)NC4=O. The zero-order valence-corrected chi connectivity index (χ0v) is 18.3. The predicted molar refractivity (Wildman–Crippen MR) is 124 cm³/mol. The number of ether oxygens (including phenoxy) is 1. The molecule has 0 atom stereocenters. The van der Waals surface area contributed by atoms with Crippen molar-refractivity contribution in [3.8, 4) is 22.6 Å². The molecule has 4 aromatic rings. The molecule has 7 nitrogen and oxygen atoms in total. The number of amides is 2. The highest BCUT2D eigenvalue weighted by molar-refractivity contribution is 6.37. The van der Waals surface area contributed by atoms with Crippen molar-refractivity contribution >= 4 is 45.2 Å². The van der Waals surface area contributed by atoms with Gasteiger partial charge in [0.1, 0.15) is 5.75 Å². The Hall–Kier alpha value is -3.62. The molecule has 4 N–H and O–H groups in total. The first-order chi connectivity index (χ1) is 15.9. The summed E-state index contributed by atoms with van der Waals surface area (Å²) in [6.45, 7) is 1.09. The highest BCUT2D eigenvalue weighted by atomic mass is 35.5. The van der Waals surface area contributed by atoms with Crippen LogP contribution in [-0.4, -0.2) is 42.1 Å². The summed E-state index contributed by atoms with van der Waals surface area (Å²) in [6, 6.07) is 9.21. The minimum atomic E-state index is -0.578. The number of hydrogen-bond donors (Lipinski definition) is 4. The van der Waals surface area contributed by atoms with E-state index in [0.717, 1.165) is 6.54 Å². The summed E-state index contributed by atoms with van der Waals surface area (Å²) < 4.78 is 20.4. The van der Waals surface area contributed by atoms with Crippen LogP contribution in [0.1, 0.15) is 27.1 Å². The van der Waals surface area contributed by atoms with Crippen LogP contribution >= 0.6 is 11.6 Å². The van der Waals surface area contributed by atoms with Crippen LogP contribution in [-0.2, 0) is 0 Å². The van der Waals surface area contributed by atoms with Gasteiger partial charge in [0.15, 0.2) is 11.6 Å². The molecule has 0 aliphatic carbocycles. The molecule has 33 heavy (non-hydrogen) atoms. The summed E-state index contributed by atoms with van der Waals surface area (Å²) in [7, 11) is 1.83. The van der Waals surface area contributed by atoms with Gasteiger partial charge < -0.3 is 20.1 Å². The summed E-state index contributed by atoms with van der Waals surface area (Å²) in [6.07, 6.45) is 0.713. The molecule has 2 heterocycles. The summed E-state index contributed by atoms with van der Waals surface area (Å²) in [5.41, 5.74) is 2.14. The van der Waals surface area contributed by atoms with Gasteiger partial charge in [0, 0.05) is 27.9 Å². The van der Waals surface area contributed by atoms with Gasteiger partial charge in [-0.2, -0.15) is 0 Å². The predicted octanol–water partition coefficient (Wildman–Crippen LogP) is 4.36. The molecule has 5 rings (SSSR count). The smallest absolute Gasteiger partial charge is 0.259 e. The zero-order chi connectivity index (χ0) is 23.3. The largest absolute Gasteiger partial charge is 0.506 e. The lowest BCUT2D eigenvalue weighted by atomic mass is 9.92. The molecule has 1 aliphatic heterocycles. The van der Waals surface area contributed by atoms with Crippen LogP contribution in [0.4, 0.5) is 4.39 Å². The molecule has 0 radical (unpaired) electrons. The molecule has 0 fully saturated rings. The minimum absolute atomic E-state index is 0.0607. The molecule has 0 saturated heterocycles. The maximum atomic E-state index is 14.8. The fourth-order valence-corrected chi connectivity index (χ4v) is 4.47. The summed E-state index contributed by atoms with van der Waals surface area (Å²) in [4.78, 5) is 28.7. The number of aromatic hydroxyl groups is 1. The summed E-state index contributed by atoms with van der Waals surface area (Å²) in [5, 5.41) is 16.3. The fraction of sp³-hybridized carbons (Fsp3) is 0.167. The zero-order valence-electron chi connectivity index (χ0n) is 17.5. The molecule has 3 aromatic carbocycles. The molecule has 2 amide bonds. The number of benzene rings is 3. The Morgan fingerprint density at radius 3 is 2.67 bits per heavy atom. The van der Waals surface area contributed by atoms with E-state index in [1.165, 1.54) is 12.1 Å². The van der Waals surface area contributed by atoms with E-state index in [9.17, 15) is 19.1 Å². The monoisotopic (exact) mass is 467 g/mol. The Labute approximate surface area is 192 Å². The molecule has 1 aromatic heterocycles. The van der Waals surface area contributed by atoms with E-state index in [2.05, 4.69) is 15.6 Å². The second-order valence-electron chi connectivity index (χ2n) is 7.78. The van der Waals surface area contributed by atoms with Crippen LogP contribution in [0.15, 0.2) is 36.4 Å². The fourth-order valence-electron chi connectivity index (χ4n) is 4.24. The number of halogens is 2. The summed E-state index contributed by atoms with van der Waals surface area (Å²) in [5.74, 6) is -1.77. The maximum Gasteiger partial charge on any atom is 0.259 e. The molecule has 9 heteroatoms. The molecule has 0 unspecified atom stereocenters. The Kier molecular flexibility index (Phi) is 5.19. The van der Waals surface area contributed by atoms with E-state index in [0.29, 0.717) is 46.0 Å². The number of aromatic amines is 1. The van der Waals surface area contributed by atoms with Gasteiger partial charge in [0.05, 0.1) is 28.3 Å². The van der Waals surface area contributed by atoms with Crippen molar-refractivity contribution in [1.29, 1.82) is 0 Å². The van der Waals surface area contributed by atoms with E-state index >= 15 is 0 Å². The van der Waals surface area contributed by atoms with Crippen molar-refractivity contribution < 1.29 is 23.8 Å². The first kappa shape index (κ1) is 21.2. The van der Waals surface area contributed by atoms with E-state index in [-0.39, 0.29) is 27.6 Å². The highest BCUT2D eigenvalue weighted by Crippen LogP contribution is 2.43. The lowest BCUT2D eigenvalue weighted by molar-refractivity contribution is 0.0880. The quantitative estimate of drug-likeness (QED) is 0.249. The molecular formula is C24H19ClFN3O4. The van der Waals surface area contributed by atoms with Crippen molar-refractivity contribution in [2.45, 2.75) is 6.42 Å². The number of H-pyrrole nitrogens is 1. The molecule has 1 aliphatic rings. The maximum absolute atomic E-state index is 14.8. The van der Waals surface area contributed by atoms with Crippen molar-refractivity contribution in [2.24, 2.45) is 0 Å². The third-order valence-corrected chi connectivity index (χ3v) is 6.11. The number of rotatable bonds is 6. The Bertz CT molecular complexity index is 1460. The minimum Gasteiger partial charge on any atom is -0.506 e. The normalized spacial score (nSPS) is 13.1. The van der Waals surface area contributed by atoms with Gasteiger partial charge in [-0.25, -0.2) is 4.39 Å². The lowest BCUT2D eigenvalue weighted by Gasteiger charge is -2.11. The second-order valence-corrected chi connectivity index (χ2v) is 8.16. The van der Waals surface area contributed by atoms with Gasteiger partial charge in [0.25, 0.3) is 11.8 Å². The number of fused-ring (bicyclic) bond motifs is 5. The molecule has 168 valence electrons. The summed E-state index contributed by atoms with van der Waals surface area (Å²) >= 11 is 6.31. The van der Waals surface area contributed by atoms with Gasteiger partial charge in [-0.1, -0.05) is 23.7 Å².